The maximum Gasteiger partial charge on any atom is 0.0578 e. The van der Waals surface area contributed by atoms with Crippen LogP contribution in [0.1, 0.15) is 35.2 Å². The van der Waals surface area contributed by atoms with E-state index in [-0.39, 0.29) is 0 Å². The minimum atomic E-state index is 0.357. The van der Waals surface area contributed by atoms with Crippen molar-refractivity contribution < 1.29 is 0 Å². The van der Waals surface area contributed by atoms with Gasteiger partial charge in [-0.3, -0.25) is 0 Å². The molecule has 0 radical (unpaired) electrons. The zero-order valence-electron chi connectivity index (χ0n) is 11.0. The summed E-state index contributed by atoms with van der Waals surface area (Å²) < 4.78 is 1.16. The van der Waals surface area contributed by atoms with E-state index < -0.39 is 0 Å². The summed E-state index contributed by atoms with van der Waals surface area (Å²) in [6.45, 7) is 6.52. The van der Waals surface area contributed by atoms with Gasteiger partial charge in [0, 0.05) is 19.9 Å². The lowest BCUT2D eigenvalue weighted by molar-refractivity contribution is 0.907. The third kappa shape index (κ3) is 3.15. The summed E-state index contributed by atoms with van der Waals surface area (Å²) in [4.78, 5) is 2.85. The number of aryl methyl sites for hydroxylation is 2. The number of hydrogen-bond donors (Lipinski definition) is 1. The summed E-state index contributed by atoms with van der Waals surface area (Å²) in [6, 6.07) is 11.2. The van der Waals surface area contributed by atoms with Gasteiger partial charge < -0.3 is 5.32 Å². The monoisotopic (exact) mass is 323 g/mol. The highest BCUT2D eigenvalue weighted by molar-refractivity contribution is 9.10. The minimum Gasteiger partial charge on any atom is -0.378 e. The average Bonchev–Trinajstić information content (AvgIpc) is 2.82. The smallest absolute Gasteiger partial charge is 0.0578 e. The van der Waals surface area contributed by atoms with Crippen molar-refractivity contribution in [3.8, 4) is 0 Å². The maximum atomic E-state index is 3.55. The number of nitrogens with one attached hydrogen (secondary N) is 1. The normalized spacial score (nSPS) is 12.4. The lowest BCUT2D eigenvalue weighted by Gasteiger charge is -2.14. The fourth-order valence-corrected chi connectivity index (χ4v) is 3.07. The molecule has 2 rings (SSSR count). The molecule has 0 spiro atoms. The van der Waals surface area contributed by atoms with Gasteiger partial charge in [0.1, 0.15) is 0 Å². The lowest BCUT2D eigenvalue weighted by atomic mass is 10.2. The predicted octanol–water partition coefficient (Wildman–Crippen LogP) is 5.55. The standard InChI is InChI=1S/C15H18BrNS/c1-4-13-6-8-15(18-13)11(3)17-12-5-7-14(16)10(2)9-12/h5-9,11,17H,4H2,1-3H3. The third-order valence-electron chi connectivity index (χ3n) is 3.00. The Hall–Kier alpha value is -0.800. The number of anilines is 1. The van der Waals surface area contributed by atoms with Gasteiger partial charge in [-0.05, 0) is 56.2 Å². The van der Waals surface area contributed by atoms with E-state index in [0.717, 1.165) is 10.9 Å². The van der Waals surface area contributed by atoms with Crippen LogP contribution in [0.3, 0.4) is 0 Å². The maximum absolute atomic E-state index is 3.55. The Labute approximate surface area is 121 Å². The van der Waals surface area contributed by atoms with Gasteiger partial charge in [-0.25, -0.2) is 0 Å². The Morgan fingerprint density at radius 3 is 2.67 bits per heavy atom. The van der Waals surface area contributed by atoms with Crippen LogP contribution in [0.4, 0.5) is 5.69 Å². The van der Waals surface area contributed by atoms with E-state index in [9.17, 15) is 0 Å². The third-order valence-corrected chi connectivity index (χ3v) is 5.30. The summed E-state index contributed by atoms with van der Waals surface area (Å²) in [7, 11) is 0. The molecule has 0 aliphatic carbocycles. The van der Waals surface area contributed by atoms with Crippen LogP contribution in [0.15, 0.2) is 34.8 Å². The molecule has 1 atom stereocenters. The number of hydrogen-bond acceptors (Lipinski definition) is 2. The van der Waals surface area contributed by atoms with Crippen molar-refractivity contribution in [2.24, 2.45) is 0 Å². The molecule has 0 bridgehead atoms. The number of halogens is 1. The van der Waals surface area contributed by atoms with Crippen LogP contribution in [0.2, 0.25) is 0 Å². The van der Waals surface area contributed by atoms with Crippen LogP contribution in [-0.4, -0.2) is 0 Å². The molecule has 0 aliphatic rings. The molecule has 1 heterocycles. The van der Waals surface area contributed by atoms with Gasteiger partial charge in [0.15, 0.2) is 0 Å². The Morgan fingerprint density at radius 2 is 2.06 bits per heavy atom. The molecule has 1 nitrogen and oxygen atoms in total. The summed E-state index contributed by atoms with van der Waals surface area (Å²) in [5.74, 6) is 0. The molecule has 96 valence electrons. The van der Waals surface area contributed by atoms with Crippen molar-refractivity contribution in [3.05, 3.63) is 50.1 Å². The van der Waals surface area contributed by atoms with E-state index in [4.69, 9.17) is 0 Å². The van der Waals surface area contributed by atoms with Gasteiger partial charge in [0.2, 0.25) is 0 Å². The van der Waals surface area contributed by atoms with Crippen LogP contribution in [0, 0.1) is 6.92 Å². The van der Waals surface area contributed by atoms with E-state index in [0.29, 0.717) is 6.04 Å². The van der Waals surface area contributed by atoms with Crippen molar-refractivity contribution in [3.63, 3.8) is 0 Å². The molecule has 1 aromatic carbocycles. The molecule has 0 saturated carbocycles. The first-order chi connectivity index (χ1) is 8.60. The van der Waals surface area contributed by atoms with E-state index in [2.05, 4.69) is 72.3 Å². The first-order valence-electron chi connectivity index (χ1n) is 6.21. The first kappa shape index (κ1) is 13.6. The first-order valence-corrected chi connectivity index (χ1v) is 7.82. The van der Waals surface area contributed by atoms with Crippen molar-refractivity contribution in [1.82, 2.24) is 0 Å². The minimum absolute atomic E-state index is 0.357. The molecular weight excluding hydrogens is 306 g/mol. The van der Waals surface area contributed by atoms with Crippen LogP contribution >= 0.6 is 27.3 Å². The van der Waals surface area contributed by atoms with Crippen LogP contribution in [0.5, 0.6) is 0 Å². The average molecular weight is 324 g/mol. The Morgan fingerprint density at radius 1 is 1.28 bits per heavy atom. The van der Waals surface area contributed by atoms with Gasteiger partial charge in [0.05, 0.1) is 6.04 Å². The number of benzene rings is 1. The summed E-state index contributed by atoms with van der Waals surface area (Å²) in [5.41, 5.74) is 2.43. The van der Waals surface area contributed by atoms with Gasteiger partial charge in [-0.15, -0.1) is 11.3 Å². The quantitative estimate of drug-likeness (QED) is 0.777. The van der Waals surface area contributed by atoms with Crippen molar-refractivity contribution in [1.29, 1.82) is 0 Å². The highest BCUT2D eigenvalue weighted by Gasteiger charge is 2.08. The van der Waals surface area contributed by atoms with E-state index in [1.54, 1.807) is 0 Å². The van der Waals surface area contributed by atoms with Crippen LogP contribution in [-0.2, 0) is 6.42 Å². The Balaban J connectivity index is 2.10. The second kappa shape index (κ2) is 5.89. The van der Waals surface area contributed by atoms with Gasteiger partial charge >= 0.3 is 0 Å². The molecule has 0 saturated heterocycles. The zero-order chi connectivity index (χ0) is 13.1. The molecule has 0 fully saturated rings. The largest absolute Gasteiger partial charge is 0.378 e. The molecule has 18 heavy (non-hydrogen) atoms. The molecular formula is C15H18BrNS. The predicted molar refractivity (Wildman–Crippen MR) is 84.6 cm³/mol. The zero-order valence-corrected chi connectivity index (χ0v) is 13.4. The van der Waals surface area contributed by atoms with Gasteiger partial charge in [0.25, 0.3) is 0 Å². The lowest BCUT2D eigenvalue weighted by Crippen LogP contribution is -2.04. The summed E-state index contributed by atoms with van der Waals surface area (Å²) in [5, 5.41) is 3.55. The molecule has 0 aliphatic heterocycles. The second-order valence-electron chi connectivity index (χ2n) is 4.49. The van der Waals surface area contributed by atoms with Crippen LogP contribution in [0.25, 0.3) is 0 Å². The van der Waals surface area contributed by atoms with Crippen molar-refractivity contribution in [2.45, 2.75) is 33.2 Å². The van der Waals surface area contributed by atoms with E-state index in [1.165, 1.54) is 21.0 Å². The van der Waals surface area contributed by atoms with Crippen molar-refractivity contribution >= 4 is 33.0 Å². The van der Waals surface area contributed by atoms with E-state index in [1.807, 2.05) is 11.3 Å². The topological polar surface area (TPSA) is 12.0 Å². The second-order valence-corrected chi connectivity index (χ2v) is 6.54. The van der Waals surface area contributed by atoms with Gasteiger partial charge in [-0.1, -0.05) is 22.9 Å². The highest BCUT2D eigenvalue weighted by atomic mass is 79.9. The summed E-state index contributed by atoms with van der Waals surface area (Å²) >= 11 is 5.42. The van der Waals surface area contributed by atoms with Crippen molar-refractivity contribution in [2.75, 3.05) is 5.32 Å². The molecule has 0 amide bonds. The number of thiophene rings is 1. The fourth-order valence-electron chi connectivity index (χ4n) is 1.87. The van der Waals surface area contributed by atoms with Crippen LogP contribution < -0.4 is 5.32 Å². The SMILES string of the molecule is CCc1ccc(C(C)Nc2ccc(Br)c(C)c2)s1. The fraction of sp³-hybridized carbons (Fsp3) is 0.333. The van der Waals surface area contributed by atoms with E-state index >= 15 is 0 Å². The molecule has 1 N–H and O–H groups in total. The molecule has 1 unspecified atom stereocenters. The molecule has 1 aromatic heterocycles. The Bertz CT molecular complexity index is 533. The number of rotatable bonds is 4. The van der Waals surface area contributed by atoms with Gasteiger partial charge in [-0.2, -0.15) is 0 Å². The Kier molecular flexibility index (Phi) is 4.46. The molecule has 2 aromatic rings. The highest BCUT2D eigenvalue weighted by Crippen LogP contribution is 2.28. The molecule has 3 heteroatoms. The summed E-state index contributed by atoms with van der Waals surface area (Å²) in [6.07, 6.45) is 1.12.